The first kappa shape index (κ1) is 10.6. The third kappa shape index (κ3) is 2.20. The molecule has 1 aliphatic rings. The number of pyridine rings is 1. The van der Waals surface area contributed by atoms with E-state index in [2.05, 4.69) is 11.1 Å². The molecule has 0 saturated carbocycles. The van der Waals surface area contributed by atoms with Crippen molar-refractivity contribution < 1.29 is 5.11 Å². The van der Waals surface area contributed by atoms with Gasteiger partial charge in [0.05, 0.1) is 6.10 Å². The highest BCUT2D eigenvalue weighted by Crippen LogP contribution is 2.25. The van der Waals surface area contributed by atoms with E-state index < -0.39 is 0 Å². The smallest absolute Gasteiger partial charge is 0.0827 e. The lowest BCUT2D eigenvalue weighted by Gasteiger charge is -2.19. The molecule has 1 heterocycles. The largest absolute Gasteiger partial charge is 0.388 e. The minimum atomic E-state index is -0.371. The fraction of sp³-hybridized carbons (Fsp3) is 0.615. The lowest BCUT2D eigenvalue weighted by molar-refractivity contribution is 0.126. The summed E-state index contributed by atoms with van der Waals surface area (Å²) in [6.45, 7) is 4.06. The molecule has 0 amide bonds. The van der Waals surface area contributed by atoms with Crippen molar-refractivity contribution in [2.75, 3.05) is 0 Å². The molecule has 0 spiro atoms. The van der Waals surface area contributed by atoms with Crippen LogP contribution in [-0.2, 0) is 12.8 Å². The Balaban J connectivity index is 2.27. The van der Waals surface area contributed by atoms with Gasteiger partial charge in [-0.25, -0.2) is 0 Å². The quantitative estimate of drug-likeness (QED) is 0.805. The third-order valence-electron chi connectivity index (χ3n) is 3.16. The molecule has 15 heavy (non-hydrogen) atoms. The van der Waals surface area contributed by atoms with Crippen molar-refractivity contribution in [3.05, 3.63) is 29.1 Å². The van der Waals surface area contributed by atoms with Crippen LogP contribution < -0.4 is 0 Å². The molecule has 2 rings (SSSR count). The molecule has 82 valence electrons. The van der Waals surface area contributed by atoms with Gasteiger partial charge in [0.2, 0.25) is 0 Å². The van der Waals surface area contributed by atoms with Crippen molar-refractivity contribution in [2.24, 2.45) is 5.92 Å². The molecule has 0 unspecified atom stereocenters. The summed E-state index contributed by atoms with van der Waals surface area (Å²) in [4.78, 5) is 4.46. The molecular formula is C13H19NO. The van der Waals surface area contributed by atoms with Crippen molar-refractivity contribution >= 4 is 0 Å². The number of aromatic nitrogens is 1. The maximum atomic E-state index is 9.96. The SMILES string of the molecule is CC(C)[C@@H](O)c1cnc2c(c1)CCCC2. The Bertz CT molecular complexity index is 346. The number of nitrogens with zero attached hydrogens (tertiary/aromatic N) is 1. The molecule has 0 bridgehead atoms. The number of aliphatic hydroxyl groups excluding tert-OH is 1. The lowest BCUT2D eigenvalue weighted by atomic mass is 9.92. The summed E-state index contributed by atoms with van der Waals surface area (Å²) in [6.07, 6.45) is 6.22. The molecular weight excluding hydrogens is 186 g/mol. The van der Waals surface area contributed by atoms with Crippen LogP contribution in [0.5, 0.6) is 0 Å². The number of aliphatic hydroxyl groups is 1. The number of hydrogen-bond donors (Lipinski definition) is 1. The van der Waals surface area contributed by atoms with Crippen LogP contribution in [0.2, 0.25) is 0 Å². The topological polar surface area (TPSA) is 33.1 Å². The van der Waals surface area contributed by atoms with Gasteiger partial charge in [-0.05, 0) is 48.8 Å². The van der Waals surface area contributed by atoms with Gasteiger partial charge < -0.3 is 5.11 Å². The minimum Gasteiger partial charge on any atom is -0.388 e. The summed E-state index contributed by atoms with van der Waals surface area (Å²) in [5, 5.41) is 9.96. The number of rotatable bonds is 2. The van der Waals surface area contributed by atoms with E-state index in [1.807, 2.05) is 20.0 Å². The summed E-state index contributed by atoms with van der Waals surface area (Å²) < 4.78 is 0. The monoisotopic (exact) mass is 205 g/mol. The molecule has 1 atom stereocenters. The maximum absolute atomic E-state index is 9.96. The van der Waals surface area contributed by atoms with Crippen LogP contribution in [0.25, 0.3) is 0 Å². The van der Waals surface area contributed by atoms with E-state index in [-0.39, 0.29) is 12.0 Å². The molecule has 1 aromatic heterocycles. The van der Waals surface area contributed by atoms with Crippen LogP contribution in [0.15, 0.2) is 12.3 Å². The van der Waals surface area contributed by atoms with E-state index in [9.17, 15) is 5.11 Å². The fourth-order valence-corrected chi connectivity index (χ4v) is 2.15. The van der Waals surface area contributed by atoms with E-state index in [1.54, 1.807) is 0 Å². The predicted octanol–water partition coefficient (Wildman–Crippen LogP) is 2.65. The average Bonchev–Trinajstić information content (AvgIpc) is 2.27. The zero-order chi connectivity index (χ0) is 10.8. The maximum Gasteiger partial charge on any atom is 0.0827 e. The van der Waals surface area contributed by atoms with Gasteiger partial charge >= 0.3 is 0 Å². The second kappa shape index (κ2) is 4.31. The Labute approximate surface area is 91.4 Å². The Kier molecular flexibility index (Phi) is 3.06. The van der Waals surface area contributed by atoms with Crippen molar-refractivity contribution in [3.63, 3.8) is 0 Å². The second-order valence-corrected chi connectivity index (χ2v) is 4.77. The van der Waals surface area contributed by atoms with E-state index in [0.29, 0.717) is 0 Å². The molecule has 0 fully saturated rings. The first-order valence-electron chi connectivity index (χ1n) is 5.84. The van der Waals surface area contributed by atoms with E-state index in [4.69, 9.17) is 0 Å². The predicted molar refractivity (Wildman–Crippen MR) is 60.7 cm³/mol. The highest BCUT2D eigenvalue weighted by molar-refractivity contribution is 5.28. The van der Waals surface area contributed by atoms with Gasteiger partial charge in [0.15, 0.2) is 0 Å². The number of aryl methyl sites for hydroxylation is 2. The van der Waals surface area contributed by atoms with E-state index in [0.717, 1.165) is 18.4 Å². The first-order chi connectivity index (χ1) is 7.18. The second-order valence-electron chi connectivity index (χ2n) is 4.77. The van der Waals surface area contributed by atoms with Crippen molar-refractivity contribution in [3.8, 4) is 0 Å². The van der Waals surface area contributed by atoms with Gasteiger partial charge in [-0.3, -0.25) is 4.98 Å². The van der Waals surface area contributed by atoms with E-state index >= 15 is 0 Å². The standard InChI is InChI=1S/C13H19NO/c1-9(2)13(15)11-7-10-5-3-4-6-12(10)14-8-11/h7-9,13,15H,3-6H2,1-2H3/t13-/m1/s1. The third-order valence-corrected chi connectivity index (χ3v) is 3.16. The molecule has 1 aromatic rings. The minimum absolute atomic E-state index is 0.258. The average molecular weight is 205 g/mol. The summed E-state index contributed by atoms with van der Waals surface area (Å²) >= 11 is 0. The van der Waals surface area contributed by atoms with Crippen molar-refractivity contribution in [2.45, 2.75) is 45.6 Å². The molecule has 0 aliphatic heterocycles. The fourth-order valence-electron chi connectivity index (χ4n) is 2.15. The molecule has 2 nitrogen and oxygen atoms in total. The highest BCUT2D eigenvalue weighted by Gasteiger charge is 2.16. The Morgan fingerprint density at radius 3 is 2.73 bits per heavy atom. The van der Waals surface area contributed by atoms with Crippen LogP contribution in [0, 0.1) is 5.92 Å². The molecule has 1 N–H and O–H groups in total. The summed E-state index contributed by atoms with van der Waals surface area (Å²) in [7, 11) is 0. The summed E-state index contributed by atoms with van der Waals surface area (Å²) in [5.74, 6) is 0.258. The zero-order valence-electron chi connectivity index (χ0n) is 9.53. The van der Waals surface area contributed by atoms with Gasteiger partial charge in [0.1, 0.15) is 0 Å². The van der Waals surface area contributed by atoms with Crippen LogP contribution in [0.1, 0.15) is 49.6 Å². The molecule has 1 aliphatic carbocycles. The Hall–Kier alpha value is -0.890. The van der Waals surface area contributed by atoms with Crippen LogP contribution in [-0.4, -0.2) is 10.1 Å². The molecule has 0 saturated heterocycles. The van der Waals surface area contributed by atoms with Crippen LogP contribution in [0.4, 0.5) is 0 Å². The summed E-state index contributed by atoms with van der Waals surface area (Å²) in [5.41, 5.74) is 3.56. The van der Waals surface area contributed by atoms with Gasteiger partial charge in [-0.15, -0.1) is 0 Å². The Morgan fingerprint density at radius 1 is 1.27 bits per heavy atom. The lowest BCUT2D eigenvalue weighted by Crippen LogP contribution is -2.10. The van der Waals surface area contributed by atoms with Crippen molar-refractivity contribution in [1.29, 1.82) is 0 Å². The number of hydrogen-bond acceptors (Lipinski definition) is 2. The van der Waals surface area contributed by atoms with Gasteiger partial charge in [0, 0.05) is 11.9 Å². The first-order valence-corrected chi connectivity index (χ1v) is 5.84. The zero-order valence-corrected chi connectivity index (χ0v) is 9.53. The highest BCUT2D eigenvalue weighted by atomic mass is 16.3. The molecule has 2 heteroatoms. The van der Waals surface area contributed by atoms with Crippen LogP contribution in [0.3, 0.4) is 0 Å². The number of fused-ring (bicyclic) bond motifs is 1. The van der Waals surface area contributed by atoms with Crippen LogP contribution >= 0.6 is 0 Å². The summed E-state index contributed by atoms with van der Waals surface area (Å²) in [6, 6.07) is 2.14. The molecule has 0 aromatic carbocycles. The van der Waals surface area contributed by atoms with Gasteiger partial charge in [-0.1, -0.05) is 13.8 Å². The molecule has 0 radical (unpaired) electrons. The Morgan fingerprint density at radius 2 is 2.00 bits per heavy atom. The van der Waals surface area contributed by atoms with Gasteiger partial charge in [-0.2, -0.15) is 0 Å². The van der Waals surface area contributed by atoms with E-state index in [1.165, 1.54) is 24.1 Å². The van der Waals surface area contributed by atoms with Crippen molar-refractivity contribution in [1.82, 2.24) is 4.98 Å². The normalized spacial score (nSPS) is 17.6. The van der Waals surface area contributed by atoms with Gasteiger partial charge in [0.25, 0.3) is 0 Å².